The molecule has 0 saturated heterocycles. The zero-order valence-electron chi connectivity index (χ0n) is 12.6. The molecule has 0 spiro atoms. The Kier molecular flexibility index (Phi) is 5.64. The van der Waals surface area contributed by atoms with Crippen LogP contribution in [0.3, 0.4) is 0 Å². The average Bonchev–Trinajstić information content (AvgIpc) is 2.82. The van der Waals surface area contributed by atoms with Crippen molar-refractivity contribution in [1.82, 2.24) is 10.3 Å². The van der Waals surface area contributed by atoms with Gasteiger partial charge >= 0.3 is 0 Å². The summed E-state index contributed by atoms with van der Waals surface area (Å²) in [6.07, 6.45) is 0. The third-order valence-corrected chi connectivity index (χ3v) is 5.32. The summed E-state index contributed by atoms with van der Waals surface area (Å²) in [5.41, 5.74) is 2.56. The minimum Gasteiger partial charge on any atom is -0.315 e. The zero-order valence-corrected chi connectivity index (χ0v) is 14.2. The highest BCUT2D eigenvalue weighted by molar-refractivity contribution is 7.98. The van der Waals surface area contributed by atoms with Gasteiger partial charge in [-0.15, -0.1) is 23.1 Å². The Morgan fingerprint density at radius 2 is 1.95 bits per heavy atom. The molecular formula is C16H22N2S2. The van der Waals surface area contributed by atoms with Crippen molar-refractivity contribution >= 4 is 23.1 Å². The molecule has 2 rings (SSSR count). The maximum Gasteiger partial charge on any atom is 0.103 e. The van der Waals surface area contributed by atoms with Crippen LogP contribution in [0.4, 0.5) is 0 Å². The monoisotopic (exact) mass is 306 g/mol. The lowest BCUT2D eigenvalue weighted by molar-refractivity contribution is 0.769. The summed E-state index contributed by atoms with van der Waals surface area (Å²) in [4.78, 5) is 7.51. The fraction of sp³-hybridized carbons (Fsp3) is 0.438. The van der Waals surface area contributed by atoms with Gasteiger partial charge in [0.1, 0.15) is 5.01 Å². The number of hydrogen-bond donors (Lipinski definition) is 1. The quantitative estimate of drug-likeness (QED) is 0.790. The molecule has 0 aliphatic rings. The van der Waals surface area contributed by atoms with Crippen molar-refractivity contribution in [3.63, 3.8) is 0 Å². The molecule has 1 aromatic heterocycles. The van der Waals surface area contributed by atoms with E-state index in [0.29, 0.717) is 5.92 Å². The average molecular weight is 307 g/mol. The maximum absolute atomic E-state index is 4.82. The highest BCUT2D eigenvalue weighted by Gasteiger charge is 2.13. The van der Waals surface area contributed by atoms with Crippen LogP contribution in [0.1, 0.15) is 40.9 Å². The Morgan fingerprint density at radius 3 is 2.55 bits per heavy atom. The van der Waals surface area contributed by atoms with Gasteiger partial charge in [0.2, 0.25) is 0 Å². The molecule has 0 unspecified atom stereocenters. The van der Waals surface area contributed by atoms with E-state index in [1.807, 2.05) is 30.1 Å². The van der Waals surface area contributed by atoms with Gasteiger partial charge in [-0.3, -0.25) is 0 Å². The van der Waals surface area contributed by atoms with Crippen molar-refractivity contribution in [2.24, 2.45) is 0 Å². The number of nitrogens with one attached hydrogen (secondary N) is 1. The molecule has 1 aromatic carbocycles. The van der Waals surface area contributed by atoms with Crippen molar-refractivity contribution in [2.75, 3.05) is 7.05 Å². The SMILES string of the molecule is CNCc1sc(CSc2ccc(C)cc2)nc1C(C)C. The summed E-state index contributed by atoms with van der Waals surface area (Å²) in [7, 11) is 1.99. The predicted octanol–water partition coefficient (Wildman–Crippen LogP) is 4.59. The lowest BCUT2D eigenvalue weighted by atomic mass is 10.1. The molecule has 1 N–H and O–H groups in total. The molecule has 0 bridgehead atoms. The van der Waals surface area contributed by atoms with Crippen LogP contribution >= 0.6 is 23.1 Å². The molecule has 0 radical (unpaired) electrons. The summed E-state index contributed by atoms with van der Waals surface area (Å²) >= 11 is 3.70. The summed E-state index contributed by atoms with van der Waals surface area (Å²) in [6, 6.07) is 8.70. The molecule has 0 atom stereocenters. The van der Waals surface area contributed by atoms with Crippen LogP contribution in [0.25, 0.3) is 0 Å². The number of aryl methyl sites for hydroxylation is 1. The smallest absolute Gasteiger partial charge is 0.103 e. The van der Waals surface area contributed by atoms with Crippen molar-refractivity contribution in [3.05, 3.63) is 45.4 Å². The summed E-state index contributed by atoms with van der Waals surface area (Å²) in [5, 5.41) is 4.46. The second-order valence-electron chi connectivity index (χ2n) is 5.20. The maximum atomic E-state index is 4.82. The van der Waals surface area contributed by atoms with E-state index >= 15 is 0 Å². The van der Waals surface area contributed by atoms with Crippen LogP contribution in [0.2, 0.25) is 0 Å². The number of benzene rings is 1. The minimum absolute atomic E-state index is 0.493. The Morgan fingerprint density at radius 1 is 1.25 bits per heavy atom. The second kappa shape index (κ2) is 7.25. The summed E-state index contributed by atoms with van der Waals surface area (Å²) in [6.45, 7) is 7.46. The number of hydrogen-bond acceptors (Lipinski definition) is 4. The molecule has 4 heteroatoms. The van der Waals surface area contributed by atoms with Gasteiger partial charge in [-0.05, 0) is 32.0 Å². The Bertz CT molecular complexity index is 544. The Balaban J connectivity index is 2.05. The first kappa shape index (κ1) is 15.5. The van der Waals surface area contributed by atoms with Crippen LogP contribution in [0, 0.1) is 6.92 Å². The van der Waals surface area contributed by atoms with Crippen LogP contribution < -0.4 is 5.32 Å². The number of thioether (sulfide) groups is 1. The van der Waals surface area contributed by atoms with Crippen LogP contribution in [0.5, 0.6) is 0 Å². The molecule has 0 aliphatic carbocycles. The Labute approximate surface area is 130 Å². The van der Waals surface area contributed by atoms with Gasteiger partial charge in [-0.2, -0.15) is 0 Å². The molecule has 2 nitrogen and oxygen atoms in total. The summed E-state index contributed by atoms with van der Waals surface area (Å²) < 4.78 is 0. The van der Waals surface area contributed by atoms with E-state index in [2.05, 4.69) is 50.4 Å². The molecule has 0 aliphatic heterocycles. The van der Waals surface area contributed by atoms with Crippen molar-refractivity contribution in [3.8, 4) is 0 Å². The predicted molar refractivity (Wildman–Crippen MR) is 89.7 cm³/mol. The topological polar surface area (TPSA) is 24.9 Å². The molecule has 0 fully saturated rings. The summed E-state index contributed by atoms with van der Waals surface area (Å²) in [5.74, 6) is 1.45. The van der Waals surface area contributed by atoms with Gasteiger partial charge in [-0.1, -0.05) is 31.5 Å². The highest BCUT2D eigenvalue weighted by atomic mass is 32.2. The minimum atomic E-state index is 0.493. The molecule has 0 saturated carbocycles. The van der Waals surface area contributed by atoms with E-state index in [1.165, 1.54) is 26.0 Å². The lowest BCUT2D eigenvalue weighted by Crippen LogP contribution is -2.06. The van der Waals surface area contributed by atoms with E-state index in [4.69, 9.17) is 4.98 Å². The lowest BCUT2D eigenvalue weighted by Gasteiger charge is -2.03. The fourth-order valence-corrected chi connectivity index (χ4v) is 4.12. The van der Waals surface area contributed by atoms with Crippen LogP contribution in [-0.4, -0.2) is 12.0 Å². The van der Waals surface area contributed by atoms with Crippen molar-refractivity contribution in [2.45, 2.75) is 43.9 Å². The van der Waals surface area contributed by atoms with Crippen LogP contribution in [0.15, 0.2) is 29.2 Å². The first-order chi connectivity index (χ1) is 9.60. The second-order valence-corrected chi connectivity index (χ2v) is 7.42. The Hall–Kier alpha value is -0.840. The normalized spacial score (nSPS) is 11.2. The largest absolute Gasteiger partial charge is 0.315 e. The van der Waals surface area contributed by atoms with Crippen LogP contribution in [-0.2, 0) is 12.3 Å². The number of aromatic nitrogens is 1. The zero-order chi connectivity index (χ0) is 14.5. The van der Waals surface area contributed by atoms with Gasteiger partial charge in [0.25, 0.3) is 0 Å². The molecular weight excluding hydrogens is 284 g/mol. The molecule has 0 amide bonds. The standard InChI is InChI=1S/C16H22N2S2/c1-11(2)16-14(9-17-4)20-15(18-16)10-19-13-7-5-12(3)6-8-13/h5-8,11,17H,9-10H2,1-4H3. The van der Waals surface area contributed by atoms with Gasteiger partial charge in [0.15, 0.2) is 0 Å². The third-order valence-electron chi connectivity index (χ3n) is 3.04. The first-order valence-corrected chi connectivity index (χ1v) is 8.73. The first-order valence-electron chi connectivity index (χ1n) is 6.92. The number of thiazole rings is 1. The molecule has 1 heterocycles. The van der Waals surface area contributed by atoms with E-state index in [9.17, 15) is 0 Å². The third kappa shape index (κ3) is 4.08. The van der Waals surface area contributed by atoms with Gasteiger partial charge in [0, 0.05) is 16.3 Å². The molecule has 2 aromatic rings. The van der Waals surface area contributed by atoms with Gasteiger partial charge in [-0.25, -0.2) is 4.98 Å². The van der Waals surface area contributed by atoms with E-state index in [1.54, 1.807) is 0 Å². The van der Waals surface area contributed by atoms with Gasteiger partial charge < -0.3 is 5.32 Å². The van der Waals surface area contributed by atoms with Crippen molar-refractivity contribution in [1.29, 1.82) is 0 Å². The van der Waals surface area contributed by atoms with E-state index in [-0.39, 0.29) is 0 Å². The van der Waals surface area contributed by atoms with Gasteiger partial charge in [0.05, 0.1) is 11.4 Å². The highest BCUT2D eigenvalue weighted by Crippen LogP contribution is 2.30. The van der Waals surface area contributed by atoms with Crippen molar-refractivity contribution < 1.29 is 0 Å². The number of nitrogens with zero attached hydrogens (tertiary/aromatic N) is 1. The molecule has 108 valence electrons. The van der Waals surface area contributed by atoms with E-state index in [0.717, 1.165) is 12.3 Å². The molecule has 20 heavy (non-hydrogen) atoms. The fourth-order valence-electron chi connectivity index (χ4n) is 1.99. The number of rotatable bonds is 6. The van der Waals surface area contributed by atoms with E-state index < -0.39 is 0 Å².